The molecule has 0 fully saturated rings. The van der Waals surface area contributed by atoms with E-state index < -0.39 is 0 Å². The van der Waals surface area contributed by atoms with Crippen molar-refractivity contribution in [1.29, 1.82) is 0 Å². The smallest absolute Gasteiger partial charge is 0.176 e. The number of benzene rings is 1. The number of hydrogen-bond donors (Lipinski definition) is 0. The lowest BCUT2D eigenvalue weighted by molar-refractivity contribution is -0.0634. The maximum absolute atomic E-state index is 6.47. The molecule has 0 saturated heterocycles. The minimum absolute atomic E-state index is 0.107. The predicted molar refractivity (Wildman–Crippen MR) is 175 cm³/mol. The lowest BCUT2D eigenvalue weighted by Gasteiger charge is -2.28. The van der Waals surface area contributed by atoms with Gasteiger partial charge in [-0.05, 0) is 39.1 Å². The first-order chi connectivity index (χ1) is 20.2. The van der Waals surface area contributed by atoms with Crippen molar-refractivity contribution < 1.29 is 14.2 Å². The third-order valence-corrected chi connectivity index (χ3v) is 8.61. The van der Waals surface area contributed by atoms with Gasteiger partial charge in [0.1, 0.15) is 0 Å². The predicted octanol–water partition coefficient (Wildman–Crippen LogP) is 9.83. The highest BCUT2D eigenvalue weighted by Gasteiger charge is 2.25. The Balaban J connectivity index is 1.70. The van der Waals surface area contributed by atoms with Crippen LogP contribution in [0.4, 0.5) is 0 Å². The number of nitrogens with zero attached hydrogens (tertiary/aromatic N) is 2. The summed E-state index contributed by atoms with van der Waals surface area (Å²) in [7, 11) is 4.33. The Labute approximate surface area is 254 Å². The van der Waals surface area contributed by atoms with Gasteiger partial charge < -0.3 is 14.2 Å². The Morgan fingerprint density at radius 1 is 0.512 bits per heavy atom. The summed E-state index contributed by atoms with van der Waals surface area (Å²) in [6.45, 7) is 7.72. The average molecular weight is 575 g/mol. The van der Waals surface area contributed by atoms with Crippen LogP contribution in [0.2, 0.25) is 0 Å². The molecule has 41 heavy (non-hydrogen) atoms. The van der Waals surface area contributed by atoms with Crippen molar-refractivity contribution in [3.8, 4) is 11.5 Å². The first-order valence-electron chi connectivity index (χ1n) is 17.6. The van der Waals surface area contributed by atoms with Gasteiger partial charge in [-0.2, -0.15) is 0 Å². The zero-order valence-corrected chi connectivity index (χ0v) is 27.6. The van der Waals surface area contributed by atoms with Crippen LogP contribution in [0.15, 0.2) is 24.3 Å². The molecule has 2 rings (SSSR count). The molecule has 0 N–H and O–H groups in total. The van der Waals surface area contributed by atoms with Crippen LogP contribution in [0, 0.1) is 0 Å². The van der Waals surface area contributed by atoms with Crippen molar-refractivity contribution in [3.05, 3.63) is 24.3 Å². The van der Waals surface area contributed by atoms with E-state index in [1.807, 2.05) is 24.3 Å². The van der Waals surface area contributed by atoms with Gasteiger partial charge in [0.2, 0.25) is 0 Å². The second-order valence-corrected chi connectivity index (χ2v) is 12.5. The molecule has 2 atom stereocenters. The van der Waals surface area contributed by atoms with E-state index in [1.165, 1.54) is 128 Å². The number of ether oxygens (including phenoxy) is 3. The number of rotatable bonds is 24. The molecule has 0 saturated carbocycles. The van der Waals surface area contributed by atoms with Crippen molar-refractivity contribution in [2.75, 3.05) is 40.4 Å². The molecule has 1 heterocycles. The molecule has 1 aromatic carbocycles. The topological polar surface area (TPSA) is 34.2 Å². The molecule has 0 bridgehead atoms. The van der Waals surface area contributed by atoms with Gasteiger partial charge in [0.05, 0.1) is 13.2 Å². The molecule has 0 amide bonds. The molecular weight excluding hydrogens is 508 g/mol. The lowest BCUT2D eigenvalue weighted by atomic mass is 10.1. The summed E-state index contributed by atoms with van der Waals surface area (Å²) < 4.78 is 19.2. The van der Waals surface area contributed by atoms with Crippen molar-refractivity contribution >= 4 is 0 Å². The van der Waals surface area contributed by atoms with Gasteiger partial charge in [0.15, 0.2) is 24.0 Å². The molecular formula is C36H66N2O3. The Bertz CT molecular complexity index is 672. The van der Waals surface area contributed by atoms with E-state index in [-0.39, 0.29) is 12.5 Å². The van der Waals surface area contributed by atoms with Crippen molar-refractivity contribution in [1.82, 2.24) is 9.80 Å². The van der Waals surface area contributed by atoms with E-state index >= 15 is 0 Å². The fourth-order valence-electron chi connectivity index (χ4n) is 5.70. The largest absolute Gasteiger partial charge is 0.469 e. The number of hydrogen-bond acceptors (Lipinski definition) is 5. The molecule has 1 aromatic rings. The van der Waals surface area contributed by atoms with E-state index in [2.05, 4.69) is 37.7 Å². The fourth-order valence-corrected chi connectivity index (χ4v) is 5.70. The molecule has 5 nitrogen and oxygen atoms in total. The molecule has 1 aliphatic heterocycles. The molecule has 0 aromatic heterocycles. The summed E-state index contributed by atoms with van der Waals surface area (Å²) in [6.07, 6.45) is 26.9. The van der Waals surface area contributed by atoms with Crippen LogP contribution < -0.4 is 9.47 Å². The van der Waals surface area contributed by atoms with E-state index in [1.54, 1.807) is 0 Å². The summed E-state index contributed by atoms with van der Waals surface area (Å²) in [6, 6.07) is 8.12. The summed E-state index contributed by atoms with van der Waals surface area (Å²) in [5.74, 6) is 1.63. The molecule has 0 aliphatic carbocycles. The fraction of sp³-hybridized carbons (Fsp3) is 0.833. The Hall–Kier alpha value is -1.30. The molecule has 5 heteroatoms. The second kappa shape index (κ2) is 24.2. The summed E-state index contributed by atoms with van der Waals surface area (Å²) >= 11 is 0. The lowest BCUT2D eigenvalue weighted by Crippen LogP contribution is -2.43. The quantitative estimate of drug-likeness (QED) is 0.115. The van der Waals surface area contributed by atoms with Gasteiger partial charge in [0, 0.05) is 13.1 Å². The number of likely N-dealkylation sites (N-methyl/N-ethyl adjacent to an activating group) is 2. The Morgan fingerprint density at radius 2 is 0.829 bits per heavy atom. The van der Waals surface area contributed by atoms with Crippen LogP contribution in [-0.2, 0) is 4.74 Å². The number of fused-ring (bicyclic) bond motifs is 1. The van der Waals surface area contributed by atoms with Gasteiger partial charge >= 0.3 is 0 Å². The zero-order chi connectivity index (χ0) is 29.4. The number of unbranched alkanes of at least 4 members (excludes halogenated alkanes) is 18. The van der Waals surface area contributed by atoms with Crippen LogP contribution in [0.25, 0.3) is 0 Å². The van der Waals surface area contributed by atoms with Crippen LogP contribution in [-0.4, -0.2) is 62.7 Å². The van der Waals surface area contributed by atoms with E-state index in [9.17, 15) is 0 Å². The standard InChI is InChI=1S/C36H66N2O3/c1-5-7-9-11-13-15-17-19-21-25-29-37(3)35-31-39-32-36(41-34-28-24-23-27-33(34)40-35)38(4)30-26-22-20-18-16-14-12-10-8-6-2/h23-24,27-28,35-36H,5-22,25-26,29-32H2,1-4H3. The highest BCUT2D eigenvalue weighted by atomic mass is 16.6. The third-order valence-electron chi connectivity index (χ3n) is 8.61. The van der Waals surface area contributed by atoms with Crippen LogP contribution in [0.1, 0.15) is 142 Å². The highest BCUT2D eigenvalue weighted by molar-refractivity contribution is 5.39. The monoisotopic (exact) mass is 575 g/mol. The summed E-state index contributed by atoms with van der Waals surface area (Å²) in [5, 5.41) is 0. The number of para-hydroxylation sites is 2. The molecule has 2 unspecified atom stereocenters. The Kier molecular flexibility index (Phi) is 21.2. The third kappa shape index (κ3) is 16.8. The first kappa shape index (κ1) is 35.9. The van der Waals surface area contributed by atoms with E-state index in [0.717, 1.165) is 24.6 Å². The van der Waals surface area contributed by atoms with Gasteiger partial charge in [-0.3, -0.25) is 9.80 Å². The maximum atomic E-state index is 6.47. The van der Waals surface area contributed by atoms with Crippen LogP contribution >= 0.6 is 0 Å². The molecule has 0 spiro atoms. The van der Waals surface area contributed by atoms with E-state index in [0.29, 0.717) is 13.2 Å². The average Bonchev–Trinajstić information content (AvgIpc) is 3.08. The van der Waals surface area contributed by atoms with E-state index in [4.69, 9.17) is 14.2 Å². The maximum Gasteiger partial charge on any atom is 0.176 e. The van der Waals surface area contributed by atoms with Crippen LogP contribution in [0.3, 0.4) is 0 Å². The van der Waals surface area contributed by atoms with Gasteiger partial charge in [-0.15, -0.1) is 0 Å². The molecule has 0 radical (unpaired) electrons. The minimum Gasteiger partial charge on any atom is -0.469 e. The normalized spacial score (nSPS) is 17.5. The van der Waals surface area contributed by atoms with Crippen LogP contribution in [0.5, 0.6) is 11.5 Å². The SMILES string of the molecule is CCCCCCCCCCCCN(C)C1COCC(N(C)CCCCCCCCCCCC)Oc2ccccc2O1. The first-order valence-corrected chi connectivity index (χ1v) is 17.6. The van der Waals surface area contributed by atoms with Crippen molar-refractivity contribution in [2.45, 2.75) is 155 Å². The minimum atomic E-state index is -0.107. The van der Waals surface area contributed by atoms with Crippen molar-refractivity contribution in [3.63, 3.8) is 0 Å². The van der Waals surface area contributed by atoms with Gasteiger partial charge in [-0.1, -0.05) is 142 Å². The van der Waals surface area contributed by atoms with Gasteiger partial charge in [-0.25, -0.2) is 0 Å². The highest BCUT2D eigenvalue weighted by Crippen LogP contribution is 2.30. The summed E-state index contributed by atoms with van der Waals surface area (Å²) in [4.78, 5) is 4.63. The Morgan fingerprint density at radius 3 is 1.17 bits per heavy atom. The molecule has 238 valence electrons. The second-order valence-electron chi connectivity index (χ2n) is 12.5. The van der Waals surface area contributed by atoms with Crippen molar-refractivity contribution in [2.24, 2.45) is 0 Å². The van der Waals surface area contributed by atoms with Gasteiger partial charge in [0.25, 0.3) is 0 Å². The zero-order valence-electron chi connectivity index (χ0n) is 27.6. The molecule has 1 aliphatic rings. The summed E-state index contributed by atoms with van der Waals surface area (Å²) in [5.41, 5.74) is 0.